The maximum atomic E-state index is 12.6. The van der Waals surface area contributed by atoms with E-state index >= 15 is 0 Å². The number of para-hydroxylation sites is 2. The number of amides is 1. The van der Waals surface area contributed by atoms with Gasteiger partial charge in [-0.05, 0) is 42.8 Å². The van der Waals surface area contributed by atoms with Crippen molar-refractivity contribution in [1.29, 1.82) is 0 Å². The van der Waals surface area contributed by atoms with E-state index in [0.717, 1.165) is 16.3 Å². The SMILES string of the molecule is Cc1cc(NC(=O)C2CN(S(C)(=O)=O)c3ccccc3O2)ccc1Br. The van der Waals surface area contributed by atoms with Crippen LogP contribution in [0.1, 0.15) is 5.56 Å². The zero-order valence-corrected chi connectivity index (χ0v) is 16.1. The Morgan fingerprint density at radius 2 is 2.00 bits per heavy atom. The molecule has 3 rings (SSSR count). The lowest BCUT2D eigenvalue weighted by Gasteiger charge is -2.33. The van der Waals surface area contributed by atoms with Gasteiger partial charge < -0.3 is 10.1 Å². The molecule has 132 valence electrons. The molecule has 0 bridgehead atoms. The maximum absolute atomic E-state index is 12.6. The van der Waals surface area contributed by atoms with Gasteiger partial charge in [0, 0.05) is 10.2 Å². The monoisotopic (exact) mass is 424 g/mol. The van der Waals surface area contributed by atoms with Gasteiger partial charge in [-0.15, -0.1) is 0 Å². The second-order valence-electron chi connectivity index (χ2n) is 5.82. The summed E-state index contributed by atoms with van der Waals surface area (Å²) in [6, 6.07) is 12.2. The van der Waals surface area contributed by atoms with E-state index in [1.807, 2.05) is 19.1 Å². The van der Waals surface area contributed by atoms with Crippen LogP contribution in [-0.4, -0.2) is 33.2 Å². The quantitative estimate of drug-likeness (QED) is 0.821. The van der Waals surface area contributed by atoms with Gasteiger partial charge >= 0.3 is 0 Å². The van der Waals surface area contributed by atoms with Gasteiger partial charge in [0.2, 0.25) is 10.0 Å². The second-order valence-corrected chi connectivity index (χ2v) is 8.58. The summed E-state index contributed by atoms with van der Waals surface area (Å²) in [5.74, 6) is -0.0313. The molecule has 0 saturated carbocycles. The smallest absolute Gasteiger partial charge is 0.267 e. The standard InChI is InChI=1S/C17H17BrN2O4S/c1-11-9-12(7-8-13(11)18)19-17(21)16-10-20(25(2,22)23)14-5-3-4-6-15(14)24-16/h3-9,16H,10H2,1-2H3,(H,19,21). The number of hydrogen-bond donors (Lipinski definition) is 1. The van der Waals surface area contributed by atoms with Crippen molar-refractivity contribution in [2.75, 3.05) is 22.4 Å². The van der Waals surface area contributed by atoms with Crippen LogP contribution in [0.25, 0.3) is 0 Å². The Kier molecular flexibility index (Phi) is 4.75. The average molecular weight is 425 g/mol. The summed E-state index contributed by atoms with van der Waals surface area (Å²) in [7, 11) is -3.52. The van der Waals surface area contributed by atoms with Crippen LogP contribution in [0.5, 0.6) is 5.75 Å². The van der Waals surface area contributed by atoms with Gasteiger partial charge in [0.15, 0.2) is 6.10 Å². The summed E-state index contributed by atoms with van der Waals surface area (Å²) in [6.07, 6.45) is 0.177. The first-order valence-electron chi connectivity index (χ1n) is 7.56. The van der Waals surface area contributed by atoms with E-state index in [1.165, 1.54) is 4.31 Å². The summed E-state index contributed by atoms with van der Waals surface area (Å²) in [4.78, 5) is 12.6. The van der Waals surface area contributed by atoms with Gasteiger partial charge in [-0.3, -0.25) is 9.10 Å². The molecule has 6 nitrogen and oxygen atoms in total. The number of nitrogens with one attached hydrogen (secondary N) is 1. The van der Waals surface area contributed by atoms with Crippen LogP contribution in [0.2, 0.25) is 0 Å². The van der Waals surface area contributed by atoms with E-state index in [4.69, 9.17) is 4.74 Å². The van der Waals surface area contributed by atoms with E-state index in [1.54, 1.807) is 30.3 Å². The topological polar surface area (TPSA) is 75.7 Å². The Morgan fingerprint density at radius 1 is 1.28 bits per heavy atom. The minimum atomic E-state index is -3.52. The molecule has 1 unspecified atom stereocenters. The molecule has 0 fully saturated rings. The first-order chi connectivity index (χ1) is 11.8. The van der Waals surface area contributed by atoms with E-state index < -0.39 is 22.0 Å². The van der Waals surface area contributed by atoms with Crippen molar-refractivity contribution in [3.8, 4) is 5.75 Å². The molecule has 25 heavy (non-hydrogen) atoms. The van der Waals surface area contributed by atoms with Crippen molar-refractivity contribution in [3.63, 3.8) is 0 Å². The van der Waals surface area contributed by atoms with Crippen LogP contribution < -0.4 is 14.4 Å². The molecule has 0 radical (unpaired) electrons. The minimum Gasteiger partial charge on any atom is -0.476 e. The van der Waals surface area contributed by atoms with E-state index in [9.17, 15) is 13.2 Å². The molecule has 0 aliphatic carbocycles. The molecule has 1 aliphatic rings. The van der Waals surface area contributed by atoms with E-state index in [-0.39, 0.29) is 6.54 Å². The molecule has 8 heteroatoms. The number of nitrogens with zero attached hydrogens (tertiary/aromatic N) is 1. The number of halogens is 1. The number of sulfonamides is 1. The van der Waals surface area contributed by atoms with E-state index in [2.05, 4.69) is 21.2 Å². The highest BCUT2D eigenvalue weighted by atomic mass is 79.9. The number of rotatable bonds is 3. The van der Waals surface area contributed by atoms with Crippen LogP contribution in [0.3, 0.4) is 0 Å². The molecule has 0 spiro atoms. The first kappa shape index (κ1) is 17.8. The predicted octanol–water partition coefficient (Wildman–Crippen LogP) is 2.92. The zero-order valence-electron chi connectivity index (χ0n) is 13.7. The fourth-order valence-electron chi connectivity index (χ4n) is 2.60. The van der Waals surface area contributed by atoms with Crippen molar-refractivity contribution in [1.82, 2.24) is 0 Å². The Balaban J connectivity index is 1.85. The molecular weight excluding hydrogens is 408 g/mol. The highest BCUT2D eigenvalue weighted by Gasteiger charge is 2.34. The number of aryl methyl sites for hydroxylation is 1. The third-order valence-corrected chi connectivity index (χ3v) is 5.89. The van der Waals surface area contributed by atoms with Crippen molar-refractivity contribution in [3.05, 3.63) is 52.5 Å². The summed E-state index contributed by atoms with van der Waals surface area (Å²) < 4.78 is 32.0. The number of fused-ring (bicyclic) bond motifs is 1. The van der Waals surface area contributed by atoms with Gasteiger partial charge in [0.1, 0.15) is 5.75 Å². The number of ether oxygens (including phenoxy) is 1. The molecule has 2 aromatic rings. The fourth-order valence-corrected chi connectivity index (χ4v) is 3.76. The molecule has 0 saturated heterocycles. The fraction of sp³-hybridized carbons (Fsp3) is 0.235. The number of anilines is 2. The predicted molar refractivity (Wildman–Crippen MR) is 101 cm³/mol. The molecule has 2 aromatic carbocycles. The minimum absolute atomic E-state index is 0.0722. The summed E-state index contributed by atoms with van der Waals surface area (Å²) in [5, 5.41) is 2.78. The highest BCUT2D eigenvalue weighted by Crippen LogP contribution is 2.34. The molecule has 1 amide bonds. The lowest BCUT2D eigenvalue weighted by Crippen LogP contribution is -2.48. The Labute approximate surface area is 155 Å². The van der Waals surface area contributed by atoms with Crippen LogP contribution in [0.4, 0.5) is 11.4 Å². The summed E-state index contributed by atoms with van der Waals surface area (Å²) in [6.45, 7) is 1.84. The molecule has 1 atom stereocenters. The van der Waals surface area contributed by atoms with Crippen molar-refractivity contribution in [2.24, 2.45) is 0 Å². The van der Waals surface area contributed by atoms with Crippen LogP contribution in [-0.2, 0) is 14.8 Å². The summed E-state index contributed by atoms with van der Waals surface area (Å²) in [5.41, 5.74) is 2.04. The van der Waals surface area contributed by atoms with Gasteiger partial charge in [-0.1, -0.05) is 28.1 Å². The van der Waals surface area contributed by atoms with Crippen molar-refractivity contribution >= 4 is 43.2 Å². The summed E-state index contributed by atoms with van der Waals surface area (Å²) >= 11 is 3.41. The molecule has 1 aliphatic heterocycles. The zero-order chi connectivity index (χ0) is 18.2. The third kappa shape index (κ3) is 3.80. The van der Waals surface area contributed by atoms with Crippen LogP contribution >= 0.6 is 15.9 Å². The number of benzene rings is 2. The first-order valence-corrected chi connectivity index (χ1v) is 10.2. The average Bonchev–Trinajstić information content (AvgIpc) is 2.56. The molecule has 1 heterocycles. The van der Waals surface area contributed by atoms with Crippen molar-refractivity contribution < 1.29 is 17.9 Å². The number of carbonyl (C=O) groups is 1. The third-order valence-electron chi connectivity index (χ3n) is 3.85. The van der Waals surface area contributed by atoms with Crippen molar-refractivity contribution in [2.45, 2.75) is 13.0 Å². The number of hydrogen-bond acceptors (Lipinski definition) is 4. The van der Waals surface area contributed by atoms with Gasteiger partial charge in [0.05, 0.1) is 18.5 Å². The van der Waals surface area contributed by atoms with E-state index in [0.29, 0.717) is 17.1 Å². The van der Waals surface area contributed by atoms with Gasteiger partial charge in [-0.25, -0.2) is 8.42 Å². The lowest BCUT2D eigenvalue weighted by atomic mass is 10.2. The largest absolute Gasteiger partial charge is 0.476 e. The highest BCUT2D eigenvalue weighted by molar-refractivity contribution is 9.10. The molecule has 1 N–H and O–H groups in total. The van der Waals surface area contributed by atoms with Gasteiger partial charge in [-0.2, -0.15) is 0 Å². The maximum Gasteiger partial charge on any atom is 0.267 e. The lowest BCUT2D eigenvalue weighted by molar-refractivity contribution is -0.122. The van der Waals surface area contributed by atoms with Crippen LogP contribution in [0.15, 0.2) is 46.9 Å². The Bertz CT molecular complexity index is 930. The van der Waals surface area contributed by atoms with Gasteiger partial charge in [0.25, 0.3) is 5.91 Å². The molecule has 0 aromatic heterocycles. The van der Waals surface area contributed by atoms with Crippen LogP contribution in [0, 0.1) is 6.92 Å². The Morgan fingerprint density at radius 3 is 2.68 bits per heavy atom. The number of carbonyl (C=O) groups excluding carboxylic acids is 1. The second kappa shape index (κ2) is 6.68. The Hall–Kier alpha value is -2.06. The normalized spacial score (nSPS) is 16.8. The molecular formula is C17H17BrN2O4S.